The second-order valence-corrected chi connectivity index (χ2v) is 5.12. The zero-order valence-corrected chi connectivity index (χ0v) is 11.8. The summed E-state index contributed by atoms with van der Waals surface area (Å²) in [6, 6.07) is 2.76. The molecule has 0 saturated heterocycles. The monoisotopic (exact) mass is 427 g/mol. The molecule has 1 rings (SSSR count). The summed E-state index contributed by atoms with van der Waals surface area (Å²) in [4.78, 5) is 10.7. The van der Waals surface area contributed by atoms with Crippen LogP contribution in [0.15, 0.2) is 16.6 Å². The van der Waals surface area contributed by atoms with E-state index in [0.717, 1.165) is 0 Å². The number of halogens is 6. The molecule has 0 spiro atoms. The minimum atomic E-state index is -4.91. The lowest BCUT2D eigenvalue weighted by atomic mass is 10.3. The molecule has 16 heavy (non-hydrogen) atoms. The fraction of sp³-hybridized carbons (Fsp3) is 0.125. The highest BCUT2D eigenvalue weighted by Crippen LogP contribution is 2.31. The molecule has 0 bridgehead atoms. The van der Waals surface area contributed by atoms with Crippen LogP contribution in [0.25, 0.3) is 0 Å². The number of hydrogen-bond donors (Lipinski definition) is 1. The van der Waals surface area contributed by atoms with Crippen molar-refractivity contribution in [3.63, 3.8) is 0 Å². The lowest BCUT2D eigenvalue weighted by Gasteiger charge is -2.10. The quantitative estimate of drug-likeness (QED) is 0.527. The number of carbonyl (C=O) groups is 1. The number of anilines is 1. The number of nitrogens with one attached hydrogen (secondary N) is 1. The van der Waals surface area contributed by atoms with Gasteiger partial charge in [-0.25, -0.2) is 0 Å². The SMILES string of the molecule is O=C(Nc1cc(Br)c(Cl)cc1I)C(F)(F)F. The normalized spacial score (nSPS) is 11.4. The maximum absolute atomic E-state index is 12.0. The Morgan fingerprint density at radius 1 is 1.44 bits per heavy atom. The first kappa shape index (κ1) is 14.0. The van der Waals surface area contributed by atoms with E-state index in [9.17, 15) is 18.0 Å². The third-order valence-electron chi connectivity index (χ3n) is 1.52. The molecular weight excluding hydrogens is 425 g/mol. The van der Waals surface area contributed by atoms with Crippen molar-refractivity contribution < 1.29 is 18.0 Å². The molecule has 0 heterocycles. The van der Waals surface area contributed by atoms with Gasteiger partial charge < -0.3 is 5.32 Å². The molecular formula is C8H3BrClF3INO. The van der Waals surface area contributed by atoms with Crippen molar-refractivity contribution >= 4 is 61.7 Å². The molecule has 0 radical (unpaired) electrons. The van der Waals surface area contributed by atoms with Crippen LogP contribution in [0.1, 0.15) is 0 Å². The number of benzene rings is 1. The van der Waals surface area contributed by atoms with Crippen molar-refractivity contribution in [3.05, 3.63) is 25.2 Å². The Labute approximate surface area is 116 Å². The van der Waals surface area contributed by atoms with Gasteiger partial charge in [-0.3, -0.25) is 4.79 Å². The Bertz CT molecular complexity index is 438. The summed E-state index contributed by atoms with van der Waals surface area (Å²) >= 11 is 10.6. The van der Waals surface area contributed by atoms with Crippen LogP contribution in [0.2, 0.25) is 5.02 Å². The highest BCUT2D eigenvalue weighted by atomic mass is 127. The van der Waals surface area contributed by atoms with Crippen LogP contribution >= 0.6 is 50.1 Å². The molecule has 88 valence electrons. The van der Waals surface area contributed by atoms with Gasteiger partial charge in [0, 0.05) is 8.04 Å². The fourth-order valence-corrected chi connectivity index (χ4v) is 2.10. The van der Waals surface area contributed by atoms with Gasteiger partial charge >= 0.3 is 12.1 Å². The second kappa shape index (κ2) is 5.09. The fourth-order valence-electron chi connectivity index (χ4n) is 0.812. The zero-order chi connectivity index (χ0) is 12.5. The highest BCUT2D eigenvalue weighted by molar-refractivity contribution is 14.1. The van der Waals surface area contributed by atoms with Gasteiger partial charge in [0.25, 0.3) is 0 Å². The van der Waals surface area contributed by atoms with Crippen molar-refractivity contribution in [2.45, 2.75) is 6.18 Å². The molecule has 0 atom stereocenters. The average molecular weight is 428 g/mol. The third-order valence-corrected chi connectivity index (χ3v) is 3.61. The zero-order valence-electron chi connectivity index (χ0n) is 7.33. The summed E-state index contributed by atoms with van der Waals surface area (Å²) in [5.41, 5.74) is 0.0548. The Hall–Kier alpha value is -0.0200. The summed E-state index contributed by atoms with van der Waals surface area (Å²) in [7, 11) is 0. The van der Waals surface area contributed by atoms with Crippen LogP contribution in [0, 0.1) is 3.57 Å². The summed E-state index contributed by atoms with van der Waals surface area (Å²) in [5, 5.41) is 2.11. The average Bonchev–Trinajstić information content (AvgIpc) is 2.12. The topological polar surface area (TPSA) is 29.1 Å². The van der Waals surface area contributed by atoms with Gasteiger partial charge in [0.2, 0.25) is 0 Å². The number of alkyl halides is 3. The first-order chi connectivity index (χ1) is 7.21. The van der Waals surface area contributed by atoms with Crippen LogP contribution in [0.5, 0.6) is 0 Å². The minimum absolute atomic E-state index is 0.0548. The van der Waals surface area contributed by atoms with Crippen LogP contribution in [0.4, 0.5) is 18.9 Å². The molecule has 8 heteroatoms. The standard InChI is InChI=1S/C8H3BrClF3INO/c9-3-1-6(5(14)2-4(3)10)15-7(16)8(11,12)13/h1-2H,(H,15,16). The van der Waals surface area contributed by atoms with Crippen LogP contribution in [0.3, 0.4) is 0 Å². The van der Waals surface area contributed by atoms with E-state index in [-0.39, 0.29) is 5.69 Å². The van der Waals surface area contributed by atoms with E-state index in [1.54, 1.807) is 27.9 Å². The lowest BCUT2D eigenvalue weighted by molar-refractivity contribution is -0.167. The van der Waals surface area contributed by atoms with Gasteiger partial charge in [0.15, 0.2) is 0 Å². The van der Waals surface area contributed by atoms with Gasteiger partial charge in [-0.1, -0.05) is 11.6 Å². The summed E-state index contributed by atoms with van der Waals surface area (Å²) < 4.78 is 36.8. The van der Waals surface area contributed by atoms with Crippen LogP contribution in [-0.2, 0) is 4.79 Å². The highest BCUT2D eigenvalue weighted by Gasteiger charge is 2.38. The van der Waals surface area contributed by atoms with Gasteiger partial charge in [0.05, 0.1) is 10.7 Å². The Kier molecular flexibility index (Phi) is 4.47. The van der Waals surface area contributed by atoms with Crippen LogP contribution in [-0.4, -0.2) is 12.1 Å². The molecule has 0 aliphatic heterocycles. The lowest BCUT2D eigenvalue weighted by Crippen LogP contribution is -2.30. The van der Waals surface area contributed by atoms with Gasteiger partial charge in [-0.05, 0) is 50.7 Å². The van der Waals surface area contributed by atoms with E-state index in [0.29, 0.717) is 13.1 Å². The minimum Gasteiger partial charge on any atom is -0.317 e. The molecule has 1 N–H and O–H groups in total. The molecule has 0 aromatic heterocycles. The summed E-state index contributed by atoms with van der Waals surface area (Å²) in [5.74, 6) is -2.01. The number of carbonyl (C=O) groups excluding carboxylic acids is 1. The largest absolute Gasteiger partial charge is 0.471 e. The maximum Gasteiger partial charge on any atom is 0.471 e. The van der Waals surface area contributed by atoms with Gasteiger partial charge in [-0.2, -0.15) is 13.2 Å². The predicted octanol–water partition coefficient (Wildman–Crippen LogP) is 4.21. The molecule has 0 aliphatic rings. The summed E-state index contributed by atoms with van der Waals surface area (Å²) in [6.45, 7) is 0. The molecule has 1 amide bonds. The first-order valence-corrected chi connectivity index (χ1v) is 5.99. The van der Waals surface area contributed by atoms with Crippen molar-refractivity contribution in [2.24, 2.45) is 0 Å². The predicted molar refractivity (Wildman–Crippen MR) is 66.6 cm³/mol. The third kappa shape index (κ3) is 3.49. The molecule has 2 nitrogen and oxygen atoms in total. The smallest absolute Gasteiger partial charge is 0.317 e. The van der Waals surface area contributed by atoms with Crippen molar-refractivity contribution in [1.29, 1.82) is 0 Å². The number of hydrogen-bond acceptors (Lipinski definition) is 1. The van der Waals surface area contributed by atoms with Gasteiger partial charge in [0.1, 0.15) is 0 Å². The number of amides is 1. The first-order valence-electron chi connectivity index (χ1n) is 3.74. The second-order valence-electron chi connectivity index (χ2n) is 2.70. The molecule has 0 unspecified atom stereocenters. The van der Waals surface area contributed by atoms with Crippen LogP contribution < -0.4 is 5.32 Å². The Morgan fingerprint density at radius 2 is 2.00 bits per heavy atom. The molecule has 1 aromatic rings. The van der Waals surface area contributed by atoms with Gasteiger partial charge in [-0.15, -0.1) is 0 Å². The molecule has 0 aliphatic carbocycles. The summed E-state index contributed by atoms with van der Waals surface area (Å²) in [6.07, 6.45) is -4.91. The van der Waals surface area contributed by atoms with E-state index < -0.39 is 12.1 Å². The van der Waals surface area contributed by atoms with Crippen molar-refractivity contribution in [3.8, 4) is 0 Å². The molecule has 1 aromatic carbocycles. The molecule has 0 fully saturated rings. The van der Waals surface area contributed by atoms with E-state index in [1.807, 2.05) is 0 Å². The van der Waals surface area contributed by atoms with E-state index in [4.69, 9.17) is 11.6 Å². The van der Waals surface area contributed by atoms with E-state index >= 15 is 0 Å². The number of rotatable bonds is 1. The Morgan fingerprint density at radius 3 is 2.50 bits per heavy atom. The van der Waals surface area contributed by atoms with E-state index in [2.05, 4.69) is 15.9 Å². The van der Waals surface area contributed by atoms with Crippen molar-refractivity contribution in [2.75, 3.05) is 5.32 Å². The van der Waals surface area contributed by atoms with E-state index in [1.165, 1.54) is 12.1 Å². The Balaban J connectivity index is 2.99. The maximum atomic E-state index is 12.0. The molecule has 0 saturated carbocycles. The van der Waals surface area contributed by atoms with Crippen molar-refractivity contribution in [1.82, 2.24) is 0 Å².